The molecule has 1 aromatic rings. The maximum absolute atomic E-state index is 13.5. The minimum absolute atomic E-state index is 0.0892. The summed E-state index contributed by atoms with van der Waals surface area (Å²) in [5.74, 6) is -2.99. The van der Waals surface area contributed by atoms with Crippen molar-refractivity contribution in [1.82, 2.24) is 0 Å². The predicted octanol–water partition coefficient (Wildman–Crippen LogP) is 2.58. The van der Waals surface area contributed by atoms with Crippen LogP contribution in [0.1, 0.15) is 27.2 Å². The lowest BCUT2D eigenvalue weighted by molar-refractivity contribution is -0.387. The molecule has 1 rings (SSSR count). The van der Waals surface area contributed by atoms with E-state index >= 15 is 0 Å². The van der Waals surface area contributed by atoms with Gasteiger partial charge in [0.15, 0.2) is 0 Å². The Morgan fingerprint density at radius 1 is 1.38 bits per heavy atom. The van der Waals surface area contributed by atoms with Crippen molar-refractivity contribution in [3.63, 3.8) is 0 Å². The van der Waals surface area contributed by atoms with Crippen LogP contribution >= 0.6 is 0 Å². The molecule has 1 amide bonds. The second kappa shape index (κ2) is 6.13. The largest absolute Gasteiger partial charge is 0.327 e. The van der Waals surface area contributed by atoms with E-state index in [1.54, 1.807) is 0 Å². The van der Waals surface area contributed by atoms with Gasteiger partial charge in [0.25, 0.3) is 0 Å². The normalized spacial score (nSPS) is 12.9. The number of carbonyl (C=O) groups excluding carboxylic acids is 1. The van der Waals surface area contributed by atoms with Crippen LogP contribution in [-0.4, -0.2) is 16.9 Å². The Labute approximate surface area is 120 Å². The lowest BCUT2D eigenvalue weighted by Gasteiger charge is -2.26. The van der Waals surface area contributed by atoms with Gasteiger partial charge in [-0.2, -0.15) is 4.39 Å². The van der Waals surface area contributed by atoms with Crippen LogP contribution in [0.25, 0.3) is 0 Å². The van der Waals surface area contributed by atoms with Gasteiger partial charge in [0.1, 0.15) is 5.82 Å². The Hall–Kier alpha value is -2.09. The van der Waals surface area contributed by atoms with Gasteiger partial charge in [0.05, 0.1) is 10.6 Å². The molecule has 116 valence electrons. The summed E-state index contributed by atoms with van der Waals surface area (Å²) in [6, 6.07) is 0.527. The van der Waals surface area contributed by atoms with Crippen LogP contribution in [0, 0.1) is 27.2 Å². The van der Waals surface area contributed by atoms with E-state index in [4.69, 9.17) is 5.73 Å². The number of benzene rings is 1. The van der Waals surface area contributed by atoms with Crippen LogP contribution in [0.15, 0.2) is 12.1 Å². The molecule has 0 saturated heterocycles. The number of nitro benzene ring substituents is 1. The molecule has 0 spiro atoms. The highest BCUT2D eigenvalue weighted by molar-refractivity contribution is 5.91. The Bertz CT molecular complexity index is 571. The molecule has 0 aliphatic carbocycles. The maximum atomic E-state index is 13.5. The third-order valence-corrected chi connectivity index (χ3v) is 3.02. The van der Waals surface area contributed by atoms with Crippen molar-refractivity contribution in [3.8, 4) is 0 Å². The second-order valence-electron chi connectivity index (χ2n) is 5.77. The van der Waals surface area contributed by atoms with Gasteiger partial charge in [-0.1, -0.05) is 20.8 Å². The van der Waals surface area contributed by atoms with Gasteiger partial charge in [-0.05, 0) is 5.41 Å². The van der Waals surface area contributed by atoms with E-state index < -0.39 is 39.9 Å². The molecule has 0 aromatic heterocycles. The number of rotatable bonds is 4. The molecular formula is C13H17F2N3O3. The summed E-state index contributed by atoms with van der Waals surface area (Å²) in [5, 5.41) is 12.8. The molecule has 21 heavy (non-hydrogen) atoms. The molecule has 1 atom stereocenters. The van der Waals surface area contributed by atoms with Gasteiger partial charge in [0, 0.05) is 24.6 Å². The van der Waals surface area contributed by atoms with Crippen molar-refractivity contribution >= 4 is 17.3 Å². The van der Waals surface area contributed by atoms with Crippen molar-refractivity contribution in [3.05, 3.63) is 33.9 Å². The number of hydrogen-bond donors (Lipinski definition) is 2. The topological polar surface area (TPSA) is 98.3 Å². The van der Waals surface area contributed by atoms with Gasteiger partial charge in [-0.15, -0.1) is 0 Å². The molecule has 0 aliphatic heterocycles. The number of anilines is 1. The number of halogens is 2. The Balaban J connectivity index is 2.91. The first kappa shape index (κ1) is 17.0. The summed E-state index contributed by atoms with van der Waals surface area (Å²) in [7, 11) is 0. The van der Waals surface area contributed by atoms with Gasteiger partial charge in [0.2, 0.25) is 11.7 Å². The van der Waals surface area contributed by atoms with Gasteiger partial charge in [-0.25, -0.2) is 4.39 Å². The number of nitrogens with one attached hydrogen (secondary N) is 1. The average Bonchev–Trinajstić information content (AvgIpc) is 2.30. The summed E-state index contributed by atoms with van der Waals surface area (Å²) in [6.45, 7) is 5.52. The average molecular weight is 301 g/mol. The molecule has 3 N–H and O–H groups in total. The second-order valence-corrected chi connectivity index (χ2v) is 5.77. The molecule has 0 bridgehead atoms. The molecule has 1 aromatic carbocycles. The van der Waals surface area contributed by atoms with E-state index in [2.05, 4.69) is 5.32 Å². The number of carbonyl (C=O) groups is 1. The third kappa shape index (κ3) is 4.45. The first-order valence-electron chi connectivity index (χ1n) is 6.21. The number of nitrogens with two attached hydrogens (primary N) is 1. The SMILES string of the molecule is CC(C)(C)C(N)CC(=O)Nc1cc([N+](=O)[O-])c(F)cc1F. The van der Waals surface area contributed by atoms with Crippen LogP contribution in [0.3, 0.4) is 0 Å². The minimum atomic E-state index is -1.30. The molecule has 0 saturated carbocycles. The Kier molecular flexibility index (Phi) is 4.95. The number of nitrogens with zero attached hydrogens (tertiary/aromatic N) is 1. The van der Waals surface area contributed by atoms with E-state index in [9.17, 15) is 23.7 Å². The molecule has 8 heteroatoms. The van der Waals surface area contributed by atoms with E-state index in [0.717, 1.165) is 0 Å². The highest BCUT2D eigenvalue weighted by Gasteiger charge is 2.24. The molecule has 0 heterocycles. The first-order chi connectivity index (χ1) is 9.52. The summed E-state index contributed by atoms with van der Waals surface area (Å²) in [5.41, 5.74) is 4.13. The molecule has 1 unspecified atom stereocenters. The summed E-state index contributed by atoms with van der Waals surface area (Å²) in [6.07, 6.45) is -0.0892. The van der Waals surface area contributed by atoms with Crippen LogP contribution in [0.2, 0.25) is 0 Å². The molecule has 0 aliphatic rings. The molecule has 0 radical (unpaired) electrons. The highest BCUT2D eigenvalue weighted by atomic mass is 19.1. The monoisotopic (exact) mass is 301 g/mol. The number of hydrogen-bond acceptors (Lipinski definition) is 4. The molecule has 0 fully saturated rings. The molecule has 6 nitrogen and oxygen atoms in total. The van der Waals surface area contributed by atoms with Crippen LogP contribution in [0.4, 0.5) is 20.2 Å². The van der Waals surface area contributed by atoms with Gasteiger partial charge >= 0.3 is 5.69 Å². The van der Waals surface area contributed by atoms with Crippen LogP contribution in [0.5, 0.6) is 0 Å². The lowest BCUT2D eigenvalue weighted by Crippen LogP contribution is -2.38. The van der Waals surface area contributed by atoms with E-state index in [1.807, 2.05) is 20.8 Å². The van der Waals surface area contributed by atoms with Crippen molar-refractivity contribution in [2.24, 2.45) is 11.1 Å². The lowest BCUT2D eigenvalue weighted by atomic mass is 9.85. The zero-order chi connectivity index (χ0) is 16.4. The summed E-state index contributed by atoms with van der Waals surface area (Å²) in [4.78, 5) is 21.4. The van der Waals surface area contributed by atoms with E-state index in [1.165, 1.54) is 0 Å². The minimum Gasteiger partial charge on any atom is -0.327 e. The zero-order valence-corrected chi connectivity index (χ0v) is 11.9. The summed E-state index contributed by atoms with van der Waals surface area (Å²) < 4.78 is 26.7. The predicted molar refractivity (Wildman–Crippen MR) is 73.7 cm³/mol. The Morgan fingerprint density at radius 3 is 2.43 bits per heavy atom. The van der Waals surface area contributed by atoms with Crippen molar-refractivity contribution in [2.45, 2.75) is 33.2 Å². The van der Waals surface area contributed by atoms with Crippen molar-refractivity contribution in [1.29, 1.82) is 0 Å². The fourth-order valence-corrected chi connectivity index (χ4v) is 1.48. The molecular weight excluding hydrogens is 284 g/mol. The van der Waals surface area contributed by atoms with Crippen LogP contribution < -0.4 is 11.1 Å². The van der Waals surface area contributed by atoms with Gasteiger partial charge in [-0.3, -0.25) is 14.9 Å². The van der Waals surface area contributed by atoms with Crippen molar-refractivity contribution in [2.75, 3.05) is 5.32 Å². The van der Waals surface area contributed by atoms with E-state index in [0.29, 0.717) is 12.1 Å². The van der Waals surface area contributed by atoms with Gasteiger partial charge < -0.3 is 11.1 Å². The quantitative estimate of drug-likeness (QED) is 0.659. The fourth-order valence-electron chi connectivity index (χ4n) is 1.48. The van der Waals surface area contributed by atoms with Crippen LogP contribution in [-0.2, 0) is 4.79 Å². The number of amides is 1. The first-order valence-corrected chi connectivity index (χ1v) is 6.21. The standard InChI is InChI=1S/C13H17F2N3O3/c1-13(2,3)11(16)6-12(19)17-9-5-10(18(20)21)8(15)4-7(9)14/h4-5,11H,6,16H2,1-3H3,(H,17,19). The smallest absolute Gasteiger partial charge is 0.307 e. The number of nitro groups is 1. The maximum Gasteiger partial charge on any atom is 0.307 e. The Morgan fingerprint density at radius 2 is 1.95 bits per heavy atom. The fraction of sp³-hybridized carbons (Fsp3) is 0.462. The van der Waals surface area contributed by atoms with Crippen molar-refractivity contribution < 1.29 is 18.5 Å². The third-order valence-electron chi connectivity index (χ3n) is 3.02. The summed E-state index contributed by atoms with van der Waals surface area (Å²) >= 11 is 0. The van der Waals surface area contributed by atoms with E-state index in [-0.39, 0.29) is 11.8 Å². The zero-order valence-electron chi connectivity index (χ0n) is 11.9. The highest BCUT2D eigenvalue weighted by Crippen LogP contribution is 2.26.